The van der Waals surface area contributed by atoms with Gasteiger partial charge in [0.2, 0.25) is 0 Å². The van der Waals surface area contributed by atoms with Crippen molar-refractivity contribution >= 4 is 19.7 Å². The first-order chi connectivity index (χ1) is 7.83. The Kier molecular flexibility index (Phi) is 7.93. The van der Waals surface area contributed by atoms with E-state index in [0.29, 0.717) is 13.2 Å². The number of rotatable bonds is 10. The van der Waals surface area contributed by atoms with Gasteiger partial charge >= 0.3 is 0 Å². The fourth-order valence-corrected chi connectivity index (χ4v) is 4.93. The fraction of sp³-hybridized carbons (Fsp3) is 1.00. The van der Waals surface area contributed by atoms with E-state index in [1.807, 2.05) is 0 Å². The highest BCUT2D eigenvalue weighted by atomic mass is 32.3. The van der Waals surface area contributed by atoms with Gasteiger partial charge in [-0.25, -0.2) is 16.8 Å². The first-order valence-corrected chi connectivity index (χ1v) is 9.03. The quantitative estimate of drug-likeness (QED) is 0.519. The van der Waals surface area contributed by atoms with Crippen LogP contribution in [0.4, 0.5) is 0 Å². The lowest BCUT2D eigenvalue weighted by atomic mass is 10.8. The molecule has 0 atom stereocenters. The Labute approximate surface area is 103 Å². The molecule has 17 heavy (non-hydrogen) atoms. The summed E-state index contributed by atoms with van der Waals surface area (Å²) < 4.78 is 55.6. The van der Waals surface area contributed by atoms with Crippen LogP contribution in [0.1, 0.15) is 13.8 Å². The van der Waals surface area contributed by atoms with Gasteiger partial charge in [-0.2, -0.15) is 0 Å². The van der Waals surface area contributed by atoms with Gasteiger partial charge in [0, 0.05) is 13.2 Å². The normalized spacial score (nSPS) is 12.8. The van der Waals surface area contributed by atoms with Crippen molar-refractivity contribution in [3.05, 3.63) is 0 Å². The SMILES string of the molecule is CCOCCS(=O)(=O)CS(=O)(=O)CCOCC. The minimum Gasteiger partial charge on any atom is -0.381 e. The standard InChI is InChI=1S/C9H20O6S2/c1-3-14-5-7-16(10,11)9-17(12,13)8-6-15-4-2/h3-9H2,1-2H3. The van der Waals surface area contributed by atoms with Crippen LogP contribution in [-0.2, 0) is 29.1 Å². The van der Waals surface area contributed by atoms with Gasteiger partial charge in [0.1, 0.15) is 0 Å². The van der Waals surface area contributed by atoms with Crippen molar-refractivity contribution in [2.24, 2.45) is 0 Å². The van der Waals surface area contributed by atoms with Crippen LogP contribution >= 0.6 is 0 Å². The zero-order valence-electron chi connectivity index (χ0n) is 10.2. The maximum atomic E-state index is 11.5. The van der Waals surface area contributed by atoms with Crippen molar-refractivity contribution in [2.75, 3.05) is 43.0 Å². The Bertz CT molecular complexity index is 346. The van der Waals surface area contributed by atoms with E-state index >= 15 is 0 Å². The van der Waals surface area contributed by atoms with Crippen LogP contribution in [0, 0.1) is 0 Å². The largest absolute Gasteiger partial charge is 0.381 e. The summed E-state index contributed by atoms with van der Waals surface area (Å²) in [6.07, 6.45) is 0. The second-order valence-electron chi connectivity index (χ2n) is 3.41. The van der Waals surface area contributed by atoms with Crippen molar-refractivity contribution in [3.63, 3.8) is 0 Å². The van der Waals surface area contributed by atoms with Gasteiger partial charge in [-0.15, -0.1) is 0 Å². The molecule has 0 spiro atoms. The van der Waals surface area contributed by atoms with Gasteiger partial charge in [0.05, 0.1) is 24.7 Å². The van der Waals surface area contributed by atoms with Crippen LogP contribution < -0.4 is 0 Å². The third kappa shape index (κ3) is 9.51. The minimum atomic E-state index is -3.62. The first-order valence-electron chi connectivity index (χ1n) is 5.39. The number of sulfone groups is 2. The Hall–Kier alpha value is -0.180. The molecule has 0 radical (unpaired) electrons. The van der Waals surface area contributed by atoms with Crippen molar-refractivity contribution in [1.82, 2.24) is 0 Å². The molecule has 0 fully saturated rings. The second kappa shape index (κ2) is 8.02. The molecular weight excluding hydrogens is 268 g/mol. The van der Waals surface area contributed by atoms with E-state index in [1.165, 1.54) is 0 Å². The molecule has 0 aromatic heterocycles. The Balaban J connectivity index is 4.19. The third-order valence-electron chi connectivity index (χ3n) is 1.84. The molecule has 0 saturated heterocycles. The molecule has 0 N–H and O–H groups in total. The van der Waals surface area contributed by atoms with Crippen molar-refractivity contribution in [1.29, 1.82) is 0 Å². The highest BCUT2D eigenvalue weighted by molar-refractivity contribution is 8.08. The summed E-state index contributed by atoms with van der Waals surface area (Å²) in [5.74, 6) is -0.538. The molecule has 0 saturated carbocycles. The van der Waals surface area contributed by atoms with E-state index in [4.69, 9.17) is 9.47 Å². The average Bonchev–Trinajstić information content (AvgIpc) is 2.16. The van der Waals surface area contributed by atoms with Crippen LogP contribution in [-0.4, -0.2) is 59.9 Å². The van der Waals surface area contributed by atoms with Gasteiger partial charge in [-0.3, -0.25) is 0 Å². The highest BCUT2D eigenvalue weighted by Gasteiger charge is 2.21. The predicted molar refractivity (Wildman–Crippen MR) is 65.4 cm³/mol. The van der Waals surface area contributed by atoms with Crippen LogP contribution in [0.3, 0.4) is 0 Å². The summed E-state index contributed by atoms with van der Waals surface area (Å²) in [4.78, 5) is 0. The molecule has 0 aromatic rings. The molecule has 104 valence electrons. The van der Waals surface area contributed by atoms with Gasteiger partial charge in [0.15, 0.2) is 24.8 Å². The lowest BCUT2D eigenvalue weighted by molar-refractivity contribution is 0.163. The summed E-state index contributed by atoms with van der Waals surface area (Å²) in [5, 5.41) is -0.833. The van der Waals surface area contributed by atoms with E-state index in [1.54, 1.807) is 13.8 Å². The molecule has 0 unspecified atom stereocenters. The van der Waals surface area contributed by atoms with Gasteiger partial charge < -0.3 is 9.47 Å². The molecule has 6 nitrogen and oxygen atoms in total. The summed E-state index contributed by atoms with van der Waals surface area (Å²) in [5.41, 5.74) is 0. The zero-order chi connectivity index (χ0) is 13.4. The smallest absolute Gasteiger partial charge is 0.166 e. The molecule has 0 rings (SSSR count). The van der Waals surface area contributed by atoms with Gasteiger partial charge in [0.25, 0.3) is 0 Å². The molecular formula is C9H20O6S2. The van der Waals surface area contributed by atoms with Gasteiger partial charge in [-0.05, 0) is 13.8 Å². The summed E-state index contributed by atoms with van der Waals surface area (Å²) in [7, 11) is -7.23. The molecule has 0 amide bonds. The molecule has 0 heterocycles. The number of hydrogen-bond donors (Lipinski definition) is 0. The first kappa shape index (κ1) is 16.8. The van der Waals surface area contributed by atoms with Crippen molar-refractivity contribution < 1.29 is 26.3 Å². The number of hydrogen-bond acceptors (Lipinski definition) is 6. The van der Waals surface area contributed by atoms with Crippen LogP contribution in [0.15, 0.2) is 0 Å². The summed E-state index contributed by atoms with van der Waals surface area (Å²) >= 11 is 0. The summed E-state index contributed by atoms with van der Waals surface area (Å²) in [6, 6.07) is 0. The molecule has 0 aliphatic rings. The molecule has 8 heteroatoms. The Morgan fingerprint density at radius 2 is 1.12 bits per heavy atom. The molecule has 0 aliphatic carbocycles. The van der Waals surface area contributed by atoms with E-state index < -0.39 is 24.8 Å². The van der Waals surface area contributed by atoms with E-state index in [-0.39, 0.29) is 24.7 Å². The number of ether oxygens (including phenoxy) is 2. The lowest BCUT2D eigenvalue weighted by Gasteiger charge is -2.06. The Morgan fingerprint density at radius 3 is 1.41 bits per heavy atom. The summed E-state index contributed by atoms with van der Waals surface area (Å²) in [6.45, 7) is 4.36. The predicted octanol–water partition coefficient (Wildman–Crippen LogP) is -0.153. The maximum absolute atomic E-state index is 11.5. The van der Waals surface area contributed by atoms with E-state index in [0.717, 1.165) is 0 Å². The molecule has 0 aromatic carbocycles. The maximum Gasteiger partial charge on any atom is 0.166 e. The molecule has 0 bridgehead atoms. The van der Waals surface area contributed by atoms with E-state index in [9.17, 15) is 16.8 Å². The van der Waals surface area contributed by atoms with E-state index in [2.05, 4.69) is 0 Å². The monoisotopic (exact) mass is 288 g/mol. The topological polar surface area (TPSA) is 86.7 Å². The lowest BCUT2D eigenvalue weighted by Crippen LogP contribution is -2.25. The minimum absolute atomic E-state index is 0.0276. The third-order valence-corrected chi connectivity index (χ3v) is 6.29. The van der Waals surface area contributed by atoms with Crippen molar-refractivity contribution in [3.8, 4) is 0 Å². The van der Waals surface area contributed by atoms with Gasteiger partial charge in [-0.1, -0.05) is 0 Å². The van der Waals surface area contributed by atoms with Crippen LogP contribution in [0.2, 0.25) is 0 Å². The zero-order valence-corrected chi connectivity index (χ0v) is 11.8. The van der Waals surface area contributed by atoms with Crippen LogP contribution in [0.25, 0.3) is 0 Å². The molecule has 0 aliphatic heterocycles. The average molecular weight is 288 g/mol. The second-order valence-corrected chi connectivity index (χ2v) is 8.14. The fourth-order valence-electron chi connectivity index (χ4n) is 1.05. The van der Waals surface area contributed by atoms with Crippen molar-refractivity contribution in [2.45, 2.75) is 13.8 Å². The Morgan fingerprint density at radius 1 is 0.765 bits per heavy atom. The van der Waals surface area contributed by atoms with Crippen LogP contribution in [0.5, 0.6) is 0 Å². The highest BCUT2D eigenvalue weighted by Crippen LogP contribution is 2.00.